The van der Waals surface area contributed by atoms with E-state index in [0.29, 0.717) is 50.1 Å². The molecule has 2 amide bonds. The second-order valence-corrected chi connectivity index (χ2v) is 7.52. The summed E-state index contributed by atoms with van der Waals surface area (Å²) >= 11 is 0. The molecule has 1 aliphatic rings. The number of carbonyl (C=O) groups excluding carboxylic acids is 2. The highest BCUT2D eigenvalue weighted by Gasteiger charge is 2.38. The third-order valence-corrected chi connectivity index (χ3v) is 5.44. The van der Waals surface area contributed by atoms with Crippen LogP contribution in [-0.4, -0.2) is 43.5 Å². The molecule has 1 saturated heterocycles. The molecule has 0 radical (unpaired) electrons. The Morgan fingerprint density at radius 3 is 2.66 bits per heavy atom. The molecule has 1 N–H and O–H groups in total. The third kappa shape index (κ3) is 5.10. The van der Waals surface area contributed by atoms with Crippen LogP contribution in [0.3, 0.4) is 0 Å². The number of hydrogen-bond acceptors (Lipinski definition) is 5. The van der Waals surface area contributed by atoms with E-state index in [1.807, 2.05) is 30.3 Å². The lowest BCUT2D eigenvalue weighted by atomic mass is 9.87. The van der Waals surface area contributed by atoms with Crippen LogP contribution in [0, 0.1) is 0 Å². The van der Waals surface area contributed by atoms with Crippen molar-refractivity contribution in [3.05, 3.63) is 47.9 Å². The Morgan fingerprint density at radius 1 is 1.24 bits per heavy atom. The van der Waals surface area contributed by atoms with Crippen molar-refractivity contribution in [3.63, 3.8) is 0 Å². The van der Waals surface area contributed by atoms with Crippen LogP contribution < -0.4 is 14.8 Å². The van der Waals surface area contributed by atoms with Gasteiger partial charge in [0, 0.05) is 38.4 Å². The summed E-state index contributed by atoms with van der Waals surface area (Å²) in [6, 6.07) is 9.36. The van der Waals surface area contributed by atoms with Crippen LogP contribution in [-0.2, 0) is 22.6 Å². The lowest BCUT2D eigenvalue weighted by Crippen LogP contribution is -2.44. The Morgan fingerprint density at radius 2 is 2.03 bits per heavy atom. The first kappa shape index (κ1) is 20.8. The molecule has 1 aliphatic heterocycles. The second-order valence-electron chi connectivity index (χ2n) is 7.52. The molecule has 2 heterocycles. The molecule has 156 valence electrons. The molecule has 2 aromatic rings. The van der Waals surface area contributed by atoms with Crippen molar-refractivity contribution < 1.29 is 23.5 Å². The van der Waals surface area contributed by atoms with Crippen LogP contribution in [0.4, 0.5) is 0 Å². The van der Waals surface area contributed by atoms with Crippen LogP contribution >= 0.6 is 0 Å². The van der Waals surface area contributed by atoms with Crippen molar-refractivity contribution in [1.29, 1.82) is 0 Å². The van der Waals surface area contributed by atoms with Gasteiger partial charge in [-0.15, -0.1) is 0 Å². The number of amides is 2. The SMILES string of the molecule is COc1ccc(CN(C)C(=O)CC[C@@]2(Cc3ccco3)CCC(=O)N2)cc1OC. The molecule has 1 aromatic heterocycles. The predicted octanol–water partition coefficient (Wildman–Crippen LogP) is 2.93. The van der Waals surface area contributed by atoms with E-state index in [0.717, 1.165) is 11.3 Å². The minimum atomic E-state index is -0.422. The Kier molecular flexibility index (Phi) is 6.46. The Hall–Kier alpha value is -2.96. The van der Waals surface area contributed by atoms with Gasteiger partial charge < -0.3 is 24.1 Å². The van der Waals surface area contributed by atoms with Gasteiger partial charge in [-0.3, -0.25) is 9.59 Å². The van der Waals surface area contributed by atoms with E-state index in [2.05, 4.69) is 5.32 Å². The van der Waals surface area contributed by atoms with E-state index in [4.69, 9.17) is 13.9 Å². The number of carbonyl (C=O) groups is 2. The molecule has 7 heteroatoms. The van der Waals surface area contributed by atoms with Crippen LogP contribution in [0.15, 0.2) is 41.0 Å². The number of methoxy groups -OCH3 is 2. The van der Waals surface area contributed by atoms with Crippen molar-refractivity contribution in [3.8, 4) is 11.5 Å². The number of furan rings is 1. The van der Waals surface area contributed by atoms with E-state index in [1.165, 1.54) is 0 Å². The van der Waals surface area contributed by atoms with Gasteiger partial charge in [-0.25, -0.2) is 0 Å². The molecule has 3 rings (SSSR count). The quantitative estimate of drug-likeness (QED) is 0.700. The van der Waals surface area contributed by atoms with Crippen molar-refractivity contribution in [1.82, 2.24) is 10.2 Å². The fraction of sp³-hybridized carbons (Fsp3) is 0.455. The van der Waals surface area contributed by atoms with Gasteiger partial charge in [0.2, 0.25) is 11.8 Å². The normalized spacial score (nSPS) is 18.4. The first-order valence-electron chi connectivity index (χ1n) is 9.73. The molecule has 0 bridgehead atoms. The lowest BCUT2D eigenvalue weighted by molar-refractivity contribution is -0.131. The van der Waals surface area contributed by atoms with E-state index in [1.54, 1.807) is 32.4 Å². The van der Waals surface area contributed by atoms with Crippen LogP contribution in [0.2, 0.25) is 0 Å². The summed E-state index contributed by atoms with van der Waals surface area (Å²) in [5, 5.41) is 3.08. The highest BCUT2D eigenvalue weighted by Crippen LogP contribution is 2.31. The molecule has 0 saturated carbocycles. The second kappa shape index (κ2) is 9.03. The van der Waals surface area contributed by atoms with E-state index < -0.39 is 5.54 Å². The molecular formula is C22H28N2O5. The van der Waals surface area contributed by atoms with Crippen molar-refractivity contribution >= 4 is 11.8 Å². The molecular weight excluding hydrogens is 372 g/mol. The van der Waals surface area contributed by atoms with Gasteiger partial charge in [0.1, 0.15) is 5.76 Å². The summed E-state index contributed by atoms with van der Waals surface area (Å²) in [6.45, 7) is 0.469. The standard InChI is InChI=1S/C22H28N2O5/c1-24(15-16-6-7-18(27-2)19(13-16)28-3)21(26)9-11-22(10-8-20(25)23-22)14-17-5-4-12-29-17/h4-7,12-13H,8-11,14-15H2,1-3H3,(H,23,25)/t22-/m1/s1. The van der Waals surface area contributed by atoms with Crippen molar-refractivity contribution in [2.24, 2.45) is 0 Å². The van der Waals surface area contributed by atoms with E-state index in [-0.39, 0.29) is 11.8 Å². The molecule has 0 aliphatic carbocycles. The monoisotopic (exact) mass is 400 g/mol. The maximum atomic E-state index is 12.7. The highest BCUT2D eigenvalue weighted by atomic mass is 16.5. The van der Waals surface area contributed by atoms with Gasteiger partial charge in [-0.2, -0.15) is 0 Å². The summed E-state index contributed by atoms with van der Waals surface area (Å²) in [6.07, 6.45) is 4.34. The summed E-state index contributed by atoms with van der Waals surface area (Å²) in [5.74, 6) is 2.17. The van der Waals surface area contributed by atoms with E-state index in [9.17, 15) is 9.59 Å². The summed E-state index contributed by atoms with van der Waals surface area (Å²) < 4.78 is 16.0. The van der Waals surface area contributed by atoms with Gasteiger partial charge in [-0.05, 0) is 42.7 Å². The summed E-state index contributed by atoms with van der Waals surface area (Å²) in [5.41, 5.74) is 0.535. The topological polar surface area (TPSA) is 81.0 Å². The fourth-order valence-corrected chi connectivity index (χ4v) is 3.81. The van der Waals surface area contributed by atoms with Crippen LogP contribution in [0.25, 0.3) is 0 Å². The number of nitrogens with one attached hydrogen (secondary N) is 1. The van der Waals surface area contributed by atoms with Crippen LogP contribution in [0.1, 0.15) is 37.0 Å². The Bertz CT molecular complexity index is 849. The molecule has 29 heavy (non-hydrogen) atoms. The maximum absolute atomic E-state index is 12.7. The molecule has 0 unspecified atom stereocenters. The Labute approximate surface area is 171 Å². The zero-order valence-electron chi connectivity index (χ0n) is 17.2. The maximum Gasteiger partial charge on any atom is 0.222 e. The first-order valence-corrected chi connectivity index (χ1v) is 9.73. The number of hydrogen-bond donors (Lipinski definition) is 1. The minimum Gasteiger partial charge on any atom is -0.493 e. The number of nitrogens with zero attached hydrogens (tertiary/aromatic N) is 1. The number of rotatable bonds is 9. The molecule has 0 spiro atoms. The lowest BCUT2D eigenvalue weighted by Gasteiger charge is -2.29. The zero-order chi connectivity index (χ0) is 20.9. The summed E-state index contributed by atoms with van der Waals surface area (Å²) in [4.78, 5) is 26.3. The van der Waals surface area contributed by atoms with E-state index >= 15 is 0 Å². The largest absolute Gasteiger partial charge is 0.493 e. The molecule has 7 nitrogen and oxygen atoms in total. The molecule has 1 aromatic carbocycles. The number of ether oxygens (including phenoxy) is 2. The summed E-state index contributed by atoms with van der Waals surface area (Å²) in [7, 11) is 4.96. The average molecular weight is 400 g/mol. The smallest absolute Gasteiger partial charge is 0.222 e. The first-order chi connectivity index (χ1) is 13.9. The zero-order valence-corrected chi connectivity index (χ0v) is 17.2. The minimum absolute atomic E-state index is 0.0275. The molecule has 1 atom stereocenters. The average Bonchev–Trinajstić information content (AvgIpc) is 3.36. The fourth-order valence-electron chi connectivity index (χ4n) is 3.81. The van der Waals surface area contributed by atoms with Crippen molar-refractivity contribution in [2.75, 3.05) is 21.3 Å². The predicted molar refractivity (Wildman–Crippen MR) is 108 cm³/mol. The molecule has 1 fully saturated rings. The van der Waals surface area contributed by atoms with Crippen molar-refractivity contribution in [2.45, 2.75) is 44.2 Å². The third-order valence-electron chi connectivity index (χ3n) is 5.44. The number of benzene rings is 1. The van der Waals surface area contributed by atoms with Gasteiger partial charge in [0.05, 0.1) is 20.5 Å². The van der Waals surface area contributed by atoms with Gasteiger partial charge in [-0.1, -0.05) is 6.07 Å². The van der Waals surface area contributed by atoms with Gasteiger partial charge in [0.25, 0.3) is 0 Å². The highest BCUT2D eigenvalue weighted by molar-refractivity contribution is 5.80. The Balaban J connectivity index is 1.60. The van der Waals surface area contributed by atoms with Gasteiger partial charge in [0.15, 0.2) is 11.5 Å². The van der Waals surface area contributed by atoms with Gasteiger partial charge >= 0.3 is 0 Å². The van der Waals surface area contributed by atoms with Crippen LogP contribution in [0.5, 0.6) is 11.5 Å².